The molecule has 0 fully saturated rings. The van der Waals surface area contributed by atoms with Crippen LogP contribution in [0.3, 0.4) is 0 Å². The molecule has 0 bridgehead atoms. The third-order valence-electron chi connectivity index (χ3n) is 3.15. The molecule has 1 atom stereocenters. The molecule has 0 unspecified atom stereocenters. The van der Waals surface area contributed by atoms with E-state index in [-0.39, 0.29) is 0 Å². The van der Waals surface area contributed by atoms with Gasteiger partial charge in [-0.2, -0.15) is 0 Å². The fourth-order valence-electron chi connectivity index (χ4n) is 1.94. The number of para-hydroxylation sites is 2. The predicted molar refractivity (Wildman–Crippen MR) is 92.2 cm³/mol. The molecule has 0 saturated heterocycles. The number of anilines is 1. The van der Waals surface area contributed by atoms with Crippen molar-refractivity contribution in [1.82, 2.24) is 0 Å². The number of amides is 1. The van der Waals surface area contributed by atoms with Gasteiger partial charge in [-0.15, -0.1) is 0 Å². The van der Waals surface area contributed by atoms with Crippen LogP contribution >= 0.6 is 11.6 Å². The molecular formula is C18H18ClNO4. The summed E-state index contributed by atoms with van der Waals surface area (Å²) in [4.78, 5) is 23.9. The molecule has 2 aromatic rings. The summed E-state index contributed by atoms with van der Waals surface area (Å²) in [5, 5.41) is 3.00. The van der Waals surface area contributed by atoms with E-state index in [9.17, 15) is 9.59 Å². The first-order valence-electron chi connectivity index (χ1n) is 7.53. The van der Waals surface area contributed by atoms with E-state index in [1.165, 1.54) is 0 Å². The largest absolute Gasteiger partial charge is 0.479 e. The Balaban J connectivity index is 1.84. The van der Waals surface area contributed by atoms with E-state index in [0.29, 0.717) is 22.9 Å². The van der Waals surface area contributed by atoms with Crippen LogP contribution in [0.4, 0.5) is 5.69 Å². The minimum atomic E-state index is -0.763. The molecule has 24 heavy (non-hydrogen) atoms. The molecule has 0 spiro atoms. The number of ether oxygens (including phenoxy) is 2. The van der Waals surface area contributed by atoms with Gasteiger partial charge in [0, 0.05) is 0 Å². The van der Waals surface area contributed by atoms with E-state index in [1.807, 2.05) is 18.2 Å². The molecule has 0 radical (unpaired) electrons. The molecule has 0 aromatic heterocycles. The van der Waals surface area contributed by atoms with Gasteiger partial charge >= 0.3 is 5.97 Å². The van der Waals surface area contributed by atoms with Gasteiger partial charge in [0.1, 0.15) is 5.75 Å². The van der Waals surface area contributed by atoms with E-state index >= 15 is 0 Å². The Morgan fingerprint density at radius 3 is 2.42 bits per heavy atom. The van der Waals surface area contributed by atoms with E-state index < -0.39 is 24.6 Å². The van der Waals surface area contributed by atoms with Gasteiger partial charge in [0.25, 0.3) is 5.91 Å². The Kier molecular flexibility index (Phi) is 6.63. The molecule has 0 aliphatic carbocycles. The topological polar surface area (TPSA) is 64.6 Å². The molecule has 0 heterocycles. The first-order chi connectivity index (χ1) is 11.6. The highest BCUT2D eigenvalue weighted by molar-refractivity contribution is 6.33. The van der Waals surface area contributed by atoms with Crippen molar-refractivity contribution in [2.24, 2.45) is 0 Å². The number of carbonyl (C=O) groups excluding carboxylic acids is 2. The quantitative estimate of drug-likeness (QED) is 0.776. The lowest BCUT2D eigenvalue weighted by Crippen LogP contribution is -2.31. The number of benzene rings is 2. The smallest absolute Gasteiger partial charge is 0.347 e. The number of rotatable bonds is 7. The Labute approximate surface area is 145 Å². The van der Waals surface area contributed by atoms with E-state index in [1.54, 1.807) is 43.3 Å². The molecule has 5 nitrogen and oxygen atoms in total. The van der Waals surface area contributed by atoms with Crippen LogP contribution in [0, 0.1) is 0 Å². The predicted octanol–water partition coefficient (Wildman–Crippen LogP) is 3.68. The number of hydrogen-bond acceptors (Lipinski definition) is 4. The lowest BCUT2D eigenvalue weighted by Gasteiger charge is -2.16. The Hall–Kier alpha value is -2.53. The van der Waals surface area contributed by atoms with Crippen molar-refractivity contribution in [2.45, 2.75) is 19.4 Å². The lowest BCUT2D eigenvalue weighted by molar-refractivity contribution is -0.154. The molecule has 2 rings (SSSR count). The van der Waals surface area contributed by atoms with Crippen LogP contribution < -0.4 is 10.1 Å². The molecule has 2 aromatic carbocycles. The summed E-state index contributed by atoms with van der Waals surface area (Å²) in [6, 6.07) is 15.8. The number of hydrogen-bond donors (Lipinski definition) is 1. The molecule has 6 heteroatoms. The van der Waals surface area contributed by atoms with Crippen molar-refractivity contribution in [1.29, 1.82) is 0 Å². The monoisotopic (exact) mass is 347 g/mol. The second kappa shape index (κ2) is 8.93. The van der Waals surface area contributed by atoms with Crippen molar-refractivity contribution in [3.8, 4) is 5.75 Å². The zero-order valence-corrected chi connectivity index (χ0v) is 14.0. The second-order valence-corrected chi connectivity index (χ2v) is 5.37. The van der Waals surface area contributed by atoms with Crippen LogP contribution in [-0.4, -0.2) is 24.6 Å². The first kappa shape index (κ1) is 17.8. The fourth-order valence-corrected chi connectivity index (χ4v) is 2.12. The third-order valence-corrected chi connectivity index (χ3v) is 3.48. The van der Waals surface area contributed by atoms with Crippen LogP contribution in [0.25, 0.3) is 0 Å². The summed E-state index contributed by atoms with van der Waals surface area (Å²) >= 11 is 5.95. The van der Waals surface area contributed by atoms with Crippen molar-refractivity contribution < 1.29 is 19.1 Å². The molecule has 0 saturated carbocycles. The average molecular weight is 348 g/mol. The van der Waals surface area contributed by atoms with Crippen molar-refractivity contribution in [3.63, 3.8) is 0 Å². The molecular weight excluding hydrogens is 330 g/mol. The lowest BCUT2D eigenvalue weighted by atomic mass is 10.2. The third kappa shape index (κ3) is 5.28. The van der Waals surface area contributed by atoms with Crippen LogP contribution in [0.5, 0.6) is 5.75 Å². The van der Waals surface area contributed by atoms with Crippen LogP contribution in [-0.2, 0) is 14.3 Å². The molecule has 0 aliphatic heterocycles. The maximum Gasteiger partial charge on any atom is 0.347 e. The van der Waals surface area contributed by atoms with Crippen LogP contribution in [0.2, 0.25) is 5.02 Å². The van der Waals surface area contributed by atoms with Crippen molar-refractivity contribution in [3.05, 3.63) is 59.6 Å². The van der Waals surface area contributed by atoms with Gasteiger partial charge in [-0.25, -0.2) is 4.79 Å². The first-order valence-corrected chi connectivity index (χ1v) is 7.90. The summed E-state index contributed by atoms with van der Waals surface area (Å²) in [5.41, 5.74) is 0.466. The number of nitrogens with one attached hydrogen (secondary N) is 1. The molecule has 1 N–H and O–H groups in total. The van der Waals surface area contributed by atoms with Gasteiger partial charge in [0.05, 0.1) is 10.7 Å². The van der Waals surface area contributed by atoms with Crippen LogP contribution in [0.1, 0.15) is 13.3 Å². The van der Waals surface area contributed by atoms with Gasteiger partial charge in [0.15, 0.2) is 12.7 Å². The van der Waals surface area contributed by atoms with Crippen LogP contribution in [0.15, 0.2) is 54.6 Å². The summed E-state index contributed by atoms with van der Waals surface area (Å²) in [5.74, 6) is -0.483. The fraction of sp³-hybridized carbons (Fsp3) is 0.222. The van der Waals surface area contributed by atoms with Gasteiger partial charge in [-0.05, 0) is 30.7 Å². The van der Waals surface area contributed by atoms with Gasteiger partial charge in [-0.3, -0.25) is 4.79 Å². The average Bonchev–Trinajstić information content (AvgIpc) is 2.60. The molecule has 1 amide bonds. The minimum Gasteiger partial charge on any atom is -0.479 e. The van der Waals surface area contributed by atoms with Gasteiger partial charge in [-0.1, -0.05) is 48.9 Å². The molecule has 126 valence electrons. The van der Waals surface area contributed by atoms with E-state index in [4.69, 9.17) is 21.1 Å². The van der Waals surface area contributed by atoms with Gasteiger partial charge in [0.2, 0.25) is 0 Å². The van der Waals surface area contributed by atoms with E-state index in [2.05, 4.69) is 5.32 Å². The molecule has 0 aliphatic rings. The highest BCUT2D eigenvalue weighted by Gasteiger charge is 2.21. The van der Waals surface area contributed by atoms with Crippen molar-refractivity contribution >= 4 is 29.2 Å². The normalized spacial score (nSPS) is 11.4. The minimum absolute atomic E-state index is 0.404. The zero-order valence-electron chi connectivity index (χ0n) is 13.2. The maximum absolute atomic E-state index is 12.0. The maximum atomic E-state index is 12.0. The summed E-state index contributed by atoms with van der Waals surface area (Å²) in [7, 11) is 0. The Morgan fingerprint density at radius 2 is 1.75 bits per heavy atom. The summed E-state index contributed by atoms with van der Waals surface area (Å²) in [6.07, 6.45) is -0.333. The summed E-state index contributed by atoms with van der Waals surface area (Å²) in [6.45, 7) is 1.40. The van der Waals surface area contributed by atoms with Crippen molar-refractivity contribution in [2.75, 3.05) is 11.9 Å². The SMILES string of the molecule is CC[C@@H](Oc1ccccc1)C(=O)OCC(=O)Nc1ccccc1Cl. The summed E-state index contributed by atoms with van der Waals surface area (Å²) < 4.78 is 10.6. The van der Waals surface area contributed by atoms with E-state index in [0.717, 1.165) is 0 Å². The number of esters is 1. The second-order valence-electron chi connectivity index (χ2n) is 4.96. The van der Waals surface area contributed by atoms with Gasteiger partial charge < -0.3 is 14.8 Å². The number of carbonyl (C=O) groups is 2. The standard InChI is InChI=1S/C18H18ClNO4/c1-2-16(24-13-8-4-3-5-9-13)18(22)23-12-17(21)20-15-11-7-6-10-14(15)19/h3-11,16H,2,12H2,1H3,(H,20,21)/t16-/m1/s1. The highest BCUT2D eigenvalue weighted by Crippen LogP contribution is 2.20. The highest BCUT2D eigenvalue weighted by atomic mass is 35.5. The Bertz CT molecular complexity index is 690. The zero-order chi connectivity index (χ0) is 17.4. The Morgan fingerprint density at radius 1 is 1.08 bits per heavy atom. The number of halogens is 1.